The van der Waals surface area contributed by atoms with Crippen molar-refractivity contribution in [1.82, 2.24) is 0 Å². The molecule has 0 fully saturated rings. The molecule has 1 nitrogen and oxygen atoms in total. The summed E-state index contributed by atoms with van der Waals surface area (Å²) in [7, 11) is 0. The first-order valence-electron chi connectivity index (χ1n) is 4.86. The van der Waals surface area contributed by atoms with Gasteiger partial charge in [-0.15, -0.1) is 0 Å². The molecular weight excluding hydrogens is 160 g/mol. The number of aryl methyl sites for hydroxylation is 2. The van der Waals surface area contributed by atoms with Crippen LogP contribution in [0.15, 0.2) is 18.2 Å². The molecule has 0 amide bonds. The third-order valence-corrected chi connectivity index (χ3v) is 2.83. The van der Waals surface area contributed by atoms with E-state index in [0.29, 0.717) is 5.78 Å². The van der Waals surface area contributed by atoms with Crippen LogP contribution >= 0.6 is 0 Å². The van der Waals surface area contributed by atoms with Crippen LogP contribution in [0, 0.1) is 6.92 Å². The van der Waals surface area contributed by atoms with E-state index < -0.39 is 0 Å². The molecule has 0 atom stereocenters. The molecule has 1 aromatic carbocycles. The molecule has 0 aliphatic heterocycles. The Labute approximate surface area is 78.8 Å². The van der Waals surface area contributed by atoms with Gasteiger partial charge in [0.25, 0.3) is 0 Å². The summed E-state index contributed by atoms with van der Waals surface area (Å²) in [5, 5.41) is 0. The standard InChI is InChI=1S/C12H14O/c1-9-3-2-4-10-5-6-11(13)7-8-12(9)10/h2-4H,5-8H2,1H3. The van der Waals surface area contributed by atoms with Gasteiger partial charge in [-0.3, -0.25) is 4.79 Å². The molecule has 0 saturated heterocycles. The Balaban J connectivity index is 2.40. The molecule has 0 bridgehead atoms. The molecule has 0 radical (unpaired) electrons. The van der Waals surface area contributed by atoms with Crippen molar-refractivity contribution in [2.45, 2.75) is 32.6 Å². The van der Waals surface area contributed by atoms with Gasteiger partial charge in [-0.2, -0.15) is 0 Å². The Morgan fingerprint density at radius 3 is 2.69 bits per heavy atom. The Morgan fingerprint density at radius 2 is 1.85 bits per heavy atom. The number of hydrogen-bond donors (Lipinski definition) is 0. The SMILES string of the molecule is Cc1cccc2c1CCC(=O)CC2. The van der Waals surface area contributed by atoms with Crippen LogP contribution in [0.25, 0.3) is 0 Å². The number of carbonyl (C=O) groups is 1. The number of fused-ring (bicyclic) bond motifs is 1. The maximum Gasteiger partial charge on any atom is 0.133 e. The van der Waals surface area contributed by atoms with Crippen molar-refractivity contribution >= 4 is 5.78 Å². The Morgan fingerprint density at radius 1 is 1.08 bits per heavy atom. The molecule has 0 N–H and O–H groups in total. The molecule has 1 heteroatoms. The quantitative estimate of drug-likeness (QED) is 0.552. The first-order chi connectivity index (χ1) is 6.27. The fourth-order valence-corrected chi connectivity index (χ4v) is 2.02. The van der Waals surface area contributed by atoms with E-state index in [0.717, 1.165) is 25.7 Å². The van der Waals surface area contributed by atoms with E-state index in [4.69, 9.17) is 0 Å². The van der Waals surface area contributed by atoms with Crippen molar-refractivity contribution in [3.8, 4) is 0 Å². The van der Waals surface area contributed by atoms with Crippen LogP contribution in [-0.2, 0) is 17.6 Å². The van der Waals surface area contributed by atoms with Gasteiger partial charge in [-0.1, -0.05) is 18.2 Å². The zero-order valence-electron chi connectivity index (χ0n) is 7.97. The molecule has 1 aromatic rings. The van der Waals surface area contributed by atoms with E-state index in [1.165, 1.54) is 16.7 Å². The third kappa shape index (κ3) is 1.64. The average molecular weight is 174 g/mol. The van der Waals surface area contributed by atoms with E-state index >= 15 is 0 Å². The van der Waals surface area contributed by atoms with Crippen LogP contribution in [0.2, 0.25) is 0 Å². The molecule has 68 valence electrons. The highest BCUT2D eigenvalue weighted by atomic mass is 16.1. The highest BCUT2D eigenvalue weighted by Gasteiger charge is 2.13. The van der Waals surface area contributed by atoms with Crippen LogP contribution in [0.5, 0.6) is 0 Å². The summed E-state index contributed by atoms with van der Waals surface area (Å²) < 4.78 is 0. The van der Waals surface area contributed by atoms with Gasteiger partial charge >= 0.3 is 0 Å². The molecular formula is C12H14O. The van der Waals surface area contributed by atoms with Gasteiger partial charge in [0.05, 0.1) is 0 Å². The first-order valence-corrected chi connectivity index (χ1v) is 4.86. The largest absolute Gasteiger partial charge is 0.300 e. The second kappa shape index (κ2) is 3.33. The summed E-state index contributed by atoms with van der Waals surface area (Å²) in [5.41, 5.74) is 4.13. The molecule has 13 heavy (non-hydrogen) atoms. The average Bonchev–Trinajstić information content (AvgIpc) is 2.30. The van der Waals surface area contributed by atoms with Crippen LogP contribution < -0.4 is 0 Å². The molecule has 0 spiro atoms. The Bertz CT molecular complexity index is 339. The van der Waals surface area contributed by atoms with Crippen LogP contribution in [-0.4, -0.2) is 5.78 Å². The van der Waals surface area contributed by atoms with Crippen molar-refractivity contribution < 1.29 is 4.79 Å². The fourth-order valence-electron chi connectivity index (χ4n) is 2.02. The number of Topliss-reactive ketones (excluding diaryl/α,β-unsaturated/α-hetero) is 1. The number of rotatable bonds is 0. The van der Waals surface area contributed by atoms with Gasteiger partial charge in [0.15, 0.2) is 0 Å². The van der Waals surface area contributed by atoms with Gasteiger partial charge in [0.2, 0.25) is 0 Å². The maximum atomic E-state index is 11.3. The molecule has 1 aliphatic rings. The number of ketones is 1. The Hall–Kier alpha value is -1.11. The van der Waals surface area contributed by atoms with E-state index in [1.807, 2.05) is 0 Å². The number of carbonyl (C=O) groups excluding carboxylic acids is 1. The van der Waals surface area contributed by atoms with Crippen LogP contribution in [0.4, 0.5) is 0 Å². The summed E-state index contributed by atoms with van der Waals surface area (Å²) >= 11 is 0. The normalized spacial score (nSPS) is 16.5. The first kappa shape index (κ1) is 8.49. The van der Waals surface area contributed by atoms with Gasteiger partial charge in [0.1, 0.15) is 5.78 Å². The lowest BCUT2D eigenvalue weighted by Crippen LogP contribution is -1.96. The number of benzene rings is 1. The van der Waals surface area contributed by atoms with Gasteiger partial charge in [0, 0.05) is 12.8 Å². The minimum atomic E-state index is 0.413. The molecule has 0 unspecified atom stereocenters. The van der Waals surface area contributed by atoms with Gasteiger partial charge in [-0.25, -0.2) is 0 Å². The molecule has 0 saturated carbocycles. The minimum Gasteiger partial charge on any atom is -0.300 e. The maximum absolute atomic E-state index is 11.3. The fraction of sp³-hybridized carbons (Fsp3) is 0.417. The summed E-state index contributed by atoms with van der Waals surface area (Å²) in [5.74, 6) is 0.413. The monoisotopic (exact) mass is 174 g/mol. The predicted molar refractivity (Wildman–Crippen MR) is 52.8 cm³/mol. The molecule has 0 heterocycles. The number of hydrogen-bond acceptors (Lipinski definition) is 1. The lowest BCUT2D eigenvalue weighted by molar-refractivity contribution is -0.118. The zero-order chi connectivity index (χ0) is 9.26. The predicted octanol–water partition coefficient (Wildman–Crippen LogP) is 2.44. The second-order valence-electron chi connectivity index (χ2n) is 3.75. The van der Waals surface area contributed by atoms with Gasteiger partial charge < -0.3 is 0 Å². The van der Waals surface area contributed by atoms with Crippen LogP contribution in [0.1, 0.15) is 29.5 Å². The van der Waals surface area contributed by atoms with Gasteiger partial charge in [-0.05, 0) is 36.5 Å². The highest BCUT2D eigenvalue weighted by Crippen LogP contribution is 2.21. The van der Waals surface area contributed by atoms with Crippen molar-refractivity contribution in [2.75, 3.05) is 0 Å². The topological polar surface area (TPSA) is 17.1 Å². The molecule has 2 rings (SSSR count). The van der Waals surface area contributed by atoms with Crippen molar-refractivity contribution in [2.24, 2.45) is 0 Å². The third-order valence-electron chi connectivity index (χ3n) is 2.83. The summed E-state index contributed by atoms with van der Waals surface area (Å²) in [6, 6.07) is 6.37. The summed E-state index contributed by atoms with van der Waals surface area (Å²) in [6.45, 7) is 2.13. The molecule has 0 aromatic heterocycles. The van der Waals surface area contributed by atoms with Crippen molar-refractivity contribution in [3.05, 3.63) is 34.9 Å². The summed E-state index contributed by atoms with van der Waals surface area (Å²) in [6.07, 6.45) is 3.35. The van der Waals surface area contributed by atoms with Crippen molar-refractivity contribution in [3.63, 3.8) is 0 Å². The second-order valence-corrected chi connectivity index (χ2v) is 3.75. The van der Waals surface area contributed by atoms with E-state index in [9.17, 15) is 4.79 Å². The lowest BCUT2D eigenvalue weighted by Gasteiger charge is -2.07. The smallest absolute Gasteiger partial charge is 0.133 e. The lowest BCUT2D eigenvalue weighted by atomic mass is 9.98. The summed E-state index contributed by atoms with van der Waals surface area (Å²) in [4.78, 5) is 11.3. The van der Waals surface area contributed by atoms with Crippen LogP contribution in [0.3, 0.4) is 0 Å². The van der Waals surface area contributed by atoms with Crippen molar-refractivity contribution in [1.29, 1.82) is 0 Å². The van der Waals surface area contributed by atoms with E-state index in [2.05, 4.69) is 25.1 Å². The highest BCUT2D eigenvalue weighted by molar-refractivity contribution is 5.79. The van der Waals surface area contributed by atoms with E-state index in [-0.39, 0.29) is 0 Å². The minimum absolute atomic E-state index is 0.413. The zero-order valence-corrected chi connectivity index (χ0v) is 7.97. The molecule has 1 aliphatic carbocycles. The Kier molecular flexibility index (Phi) is 2.17. The van der Waals surface area contributed by atoms with E-state index in [1.54, 1.807) is 0 Å².